The number of aryl methyl sites for hydroxylation is 2. The van der Waals surface area contributed by atoms with Crippen molar-refractivity contribution in [2.24, 2.45) is 5.92 Å². The van der Waals surface area contributed by atoms with Gasteiger partial charge in [0.25, 0.3) is 0 Å². The Balaban J connectivity index is 1.77. The third-order valence-corrected chi connectivity index (χ3v) is 4.61. The van der Waals surface area contributed by atoms with Crippen LogP contribution in [0.25, 0.3) is 0 Å². The molecule has 1 aromatic carbocycles. The Labute approximate surface area is 109 Å². The summed E-state index contributed by atoms with van der Waals surface area (Å²) in [6.07, 6.45) is 2.72. The summed E-state index contributed by atoms with van der Waals surface area (Å²) in [5.74, 6) is 3.44. The van der Waals surface area contributed by atoms with Crippen molar-refractivity contribution in [2.75, 3.05) is 18.8 Å². The Kier molecular flexibility index (Phi) is 4.93. The highest BCUT2D eigenvalue weighted by molar-refractivity contribution is 7.98. The lowest BCUT2D eigenvalue weighted by Crippen LogP contribution is -2.28. The van der Waals surface area contributed by atoms with Gasteiger partial charge < -0.3 is 5.32 Å². The standard InChI is InChI=1S/C15H23NS/c1-12-7-13(2)9-15(8-12)11-17-10-14-3-5-16-6-4-14/h7-9,14,16H,3-6,10-11H2,1-2H3. The number of piperidine rings is 1. The zero-order valence-electron chi connectivity index (χ0n) is 11.0. The molecule has 1 nitrogen and oxygen atoms in total. The highest BCUT2D eigenvalue weighted by atomic mass is 32.2. The van der Waals surface area contributed by atoms with Crippen LogP contribution in [0.2, 0.25) is 0 Å². The minimum atomic E-state index is 0.937. The molecule has 2 heteroatoms. The topological polar surface area (TPSA) is 12.0 Å². The van der Waals surface area contributed by atoms with E-state index in [2.05, 4.69) is 49.1 Å². The maximum atomic E-state index is 3.43. The molecule has 0 amide bonds. The van der Waals surface area contributed by atoms with Gasteiger partial charge in [-0.25, -0.2) is 0 Å². The summed E-state index contributed by atoms with van der Waals surface area (Å²) in [7, 11) is 0. The SMILES string of the molecule is Cc1cc(C)cc(CSCC2CCNCC2)c1. The molecule has 94 valence electrons. The van der Waals surface area contributed by atoms with E-state index in [1.165, 1.54) is 54.1 Å². The lowest BCUT2D eigenvalue weighted by atomic mass is 10.0. The highest BCUT2D eigenvalue weighted by Gasteiger charge is 2.12. The summed E-state index contributed by atoms with van der Waals surface area (Å²) in [6, 6.07) is 6.89. The van der Waals surface area contributed by atoms with E-state index in [1.54, 1.807) is 0 Å². The number of thioether (sulfide) groups is 1. The van der Waals surface area contributed by atoms with Gasteiger partial charge in [-0.05, 0) is 57.0 Å². The molecular formula is C15H23NS. The Morgan fingerprint density at radius 2 is 1.76 bits per heavy atom. The minimum absolute atomic E-state index is 0.937. The predicted molar refractivity (Wildman–Crippen MR) is 77.7 cm³/mol. The summed E-state index contributed by atoms with van der Waals surface area (Å²) in [5, 5.41) is 3.43. The van der Waals surface area contributed by atoms with Gasteiger partial charge in [0.1, 0.15) is 0 Å². The molecule has 1 fully saturated rings. The number of benzene rings is 1. The average molecular weight is 249 g/mol. The third kappa shape index (κ3) is 4.36. The van der Waals surface area contributed by atoms with Gasteiger partial charge in [-0.3, -0.25) is 0 Å². The maximum absolute atomic E-state index is 3.43. The first-order valence-electron chi connectivity index (χ1n) is 6.59. The molecule has 1 aliphatic heterocycles. The zero-order valence-corrected chi connectivity index (χ0v) is 11.8. The zero-order chi connectivity index (χ0) is 12.1. The average Bonchev–Trinajstić information content (AvgIpc) is 2.29. The molecule has 1 aliphatic rings. The smallest absolute Gasteiger partial charge is 0.0184 e. The van der Waals surface area contributed by atoms with Crippen LogP contribution in [0, 0.1) is 19.8 Å². The molecule has 0 saturated carbocycles. The van der Waals surface area contributed by atoms with Gasteiger partial charge in [0.2, 0.25) is 0 Å². The molecule has 0 aromatic heterocycles. The first-order chi connectivity index (χ1) is 8.24. The van der Waals surface area contributed by atoms with Gasteiger partial charge >= 0.3 is 0 Å². The first-order valence-corrected chi connectivity index (χ1v) is 7.75. The monoisotopic (exact) mass is 249 g/mol. The summed E-state index contributed by atoms with van der Waals surface area (Å²) < 4.78 is 0. The quantitative estimate of drug-likeness (QED) is 0.876. The van der Waals surface area contributed by atoms with Crippen molar-refractivity contribution in [1.29, 1.82) is 0 Å². The van der Waals surface area contributed by atoms with E-state index in [1.807, 2.05) is 0 Å². The van der Waals surface area contributed by atoms with Gasteiger partial charge in [0.15, 0.2) is 0 Å². The highest BCUT2D eigenvalue weighted by Crippen LogP contribution is 2.22. The molecule has 0 radical (unpaired) electrons. The number of hydrogen-bond donors (Lipinski definition) is 1. The molecule has 0 spiro atoms. The summed E-state index contributed by atoms with van der Waals surface area (Å²) in [4.78, 5) is 0. The van der Waals surface area contributed by atoms with E-state index in [9.17, 15) is 0 Å². The van der Waals surface area contributed by atoms with Gasteiger partial charge in [0, 0.05) is 5.75 Å². The molecule has 1 heterocycles. The van der Waals surface area contributed by atoms with Crippen LogP contribution < -0.4 is 5.32 Å². The fourth-order valence-electron chi connectivity index (χ4n) is 2.54. The molecule has 17 heavy (non-hydrogen) atoms. The van der Waals surface area contributed by atoms with Crippen molar-refractivity contribution < 1.29 is 0 Å². The lowest BCUT2D eigenvalue weighted by molar-refractivity contribution is 0.408. The summed E-state index contributed by atoms with van der Waals surface area (Å²) in [5.41, 5.74) is 4.27. The van der Waals surface area contributed by atoms with Crippen LogP contribution in [0.4, 0.5) is 0 Å². The third-order valence-electron chi connectivity index (χ3n) is 3.36. The molecular weight excluding hydrogens is 226 g/mol. The Morgan fingerprint density at radius 1 is 1.12 bits per heavy atom. The number of hydrogen-bond acceptors (Lipinski definition) is 2. The van der Waals surface area contributed by atoms with Crippen LogP contribution in [0.1, 0.15) is 29.5 Å². The van der Waals surface area contributed by atoms with E-state index in [4.69, 9.17) is 0 Å². The van der Waals surface area contributed by atoms with Crippen LogP contribution in [0.5, 0.6) is 0 Å². The first kappa shape index (κ1) is 13.0. The summed E-state index contributed by atoms with van der Waals surface area (Å²) >= 11 is 2.10. The molecule has 1 saturated heterocycles. The van der Waals surface area contributed by atoms with Crippen molar-refractivity contribution in [2.45, 2.75) is 32.4 Å². The van der Waals surface area contributed by atoms with Gasteiger partial charge in [-0.1, -0.05) is 29.3 Å². The number of rotatable bonds is 4. The van der Waals surface area contributed by atoms with Crippen molar-refractivity contribution in [1.82, 2.24) is 5.32 Å². The minimum Gasteiger partial charge on any atom is -0.317 e. The van der Waals surface area contributed by atoms with Crippen LogP contribution in [-0.2, 0) is 5.75 Å². The van der Waals surface area contributed by atoms with Crippen LogP contribution in [0.3, 0.4) is 0 Å². The van der Waals surface area contributed by atoms with E-state index in [0.29, 0.717) is 0 Å². The second kappa shape index (κ2) is 6.46. The lowest BCUT2D eigenvalue weighted by Gasteiger charge is -2.22. The molecule has 2 rings (SSSR count). The molecule has 0 unspecified atom stereocenters. The normalized spacial score (nSPS) is 17.3. The second-order valence-electron chi connectivity index (χ2n) is 5.20. The predicted octanol–water partition coefficient (Wildman–Crippen LogP) is 3.54. The molecule has 1 aromatic rings. The van der Waals surface area contributed by atoms with Crippen LogP contribution in [0.15, 0.2) is 18.2 Å². The molecule has 0 bridgehead atoms. The van der Waals surface area contributed by atoms with Crippen LogP contribution >= 0.6 is 11.8 Å². The summed E-state index contributed by atoms with van der Waals surface area (Å²) in [6.45, 7) is 6.81. The van der Waals surface area contributed by atoms with Gasteiger partial charge in [0.05, 0.1) is 0 Å². The Bertz CT molecular complexity index is 336. The largest absolute Gasteiger partial charge is 0.317 e. The number of nitrogens with one attached hydrogen (secondary N) is 1. The maximum Gasteiger partial charge on any atom is 0.0184 e. The Hall–Kier alpha value is -0.470. The van der Waals surface area contributed by atoms with Crippen molar-refractivity contribution >= 4 is 11.8 Å². The molecule has 0 aliphatic carbocycles. The Morgan fingerprint density at radius 3 is 2.41 bits per heavy atom. The van der Waals surface area contributed by atoms with E-state index in [0.717, 1.165) is 5.92 Å². The van der Waals surface area contributed by atoms with Gasteiger partial charge in [-0.2, -0.15) is 11.8 Å². The fourth-order valence-corrected chi connectivity index (χ4v) is 3.73. The molecule has 1 N–H and O–H groups in total. The van der Waals surface area contributed by atoms with Crippen molar-refractivity contribution in [3.8, 4) is 0 Å². The fraction of sp³-hybridized carbons (Fsp3) is 0.600. The van der Waals surface area contributed by atoms with E-state index >= 15 is 0 Å². The second-order valence-corrected chi connectivity index (χ2v) is 6.23. The molecule has 0 atom stereocenters. The van der Waals surface area contributed by atoms with Crippen LogP contribution in [-0.4, -0.2) is 18.8 Å². The van der Waals surface area contributed by atoms with E-state index in [-0.39, 0.29) is 0 Å². The van der Waals surface area contributed by atoms with E-state index < -0.39 is 0 Å². The van der Waals surface area contributed by atoms with Crippen molar-refractivity contribution in [3.05, 3.63) is 34.9 Å². The van der Waals surface area contributed by atoms with Gasteiger partial charge in [-0.15, -0.1) is 0 Å². The van der Waals surface area contributed by atoms with Crippen molar-refractivity contribution in [3.63, 3.8) is 0 Å².